The summed E-state index contributed by atoms with van der Waals surface area (Å²) >= 11 is 1.62. The molecular formula is C10H18O5SSi. The standard InChI is InChI=1S/C10H18O5SSi/c1-17(14)8-2-6-16-7-4-10(13)15-5-3-9(11)12/h2-8H2,1H3,(H,11,12). The van der Waals surface area contributed by atoms with Gasteiger partial charge in [-0.15, -0.1) is 0 Å². The Hall–Kier alpha value is -0.693. The van der Waals surface area contributed by atoms with Crippen molar-refractivity contribution in [1.82, 2.24) is 0 Å². The molecule has 0 bridgehead atoms. The summed E-state index contributed by atoms with van der Waals surface area (Å²) in [5, 5.41) is 8.33. The fourth-order valence-electron chi connectivity index (χ4n) is 1.01. The molecule has 0 spiro atoms. The summed E-state index contributed by atoms with van der Waals surface area (Å²) < 4.78 is 15.5. The number of carbonyl (C=O) groups is 2. The van der Waals surface area contributed by atoms with Gasteiger partial charge in [-0.25, -0.2) is 0 Å². The number of aliphatic carboxylic acids is 1. The van der Waals surface area contributed by atoms with E-state index in [1.807, 2.05) is 0 Å². The second kappa shape index (κ2) is 10.5. The highest BCUT2D eigenvalue weighted by Crippen LogP contribution is 2.07. The van der Waals surface area contributed by atoms with Crippen molar-refractivity contribution in [2.24, 2.45) is 0 Å². The summed E-state index contributed by atoms with van der Waals surface area (Å²) in [6.07, 6.45) is 1.06. The number of rotatable bonds is 10. The average Bonchev–Trinajstić information content (AvgIpc) is 2.22. The van der Waals surface area contributed by atoms with Crippen molar-refractivity contribution in [3.05, 3.63) is 0 Å². The maximum absolute atomic E-state index is 11.1. The maximum Gasteiger partial charge on any atom is 0.306 e. The van der Waals surface area contributed by atoms with Gasteiger partial charge in [-0.05, 0) is 24.8 Å². The monoisotopic (exact) mass is 278 g/mol. The Bertz CT molecular complexity index is 269. The highest BCUT2D eigenvalue weighted by atomic mass is 32.2. The molecule has 0 amide bonds. The second-order valence-corrected chi connectivity index (χ2v) is 6.66. The molecule has 0 aromatic carbocycles. The maximum atomic E-state index is 11.1. The zero-order chi connectivity index (χ0) is 13.1. The smallest absolute Gasteiger partial charge is 0.306 e. The second-order valence-electron chi connectivity index (χ2n) is 3.53. The van der Waals surface area contributed by atoms with E-state index in [1.165, 1.54) is 0 Å². The lowest BCUT2D eigenvalue weighted by atomic mass is 10.4. The van der Waals surface area contributed by atoms with Crippen LogP contribution in [0.1, 0.15) is 19.3 Å². The molecule has 0 unspecified atom stereocenters. The molecule has 0 aliphatic heterocycles. The van der Waals surface area contributed by atoms with Crippen LogP contribution in [0.5, 0.6) is 0 Å². The summed E-state index contributed by atoms with van der Waals surface area (Å²) in [6, 6.07) is 0.765. The van der Waals surface area contributed by atoms with Gasteiger partial charge < -0.3 is 14.3 Å². The number of ether oxygens (including phenoxy) is 1. The Morgan fingerprint density at radius 3 is 2.59 bits per heavy atom. The predicted molar refractivity (Wildman–Crippen MR) is 66.9 cm³/mol. The van der Waals surface area contributed by atoms with E-state index in [4.69, 9.17) is 9.84 Å². The molecule has 0 aliphatic carbocycles. The summed E-state index contributed by atoms with van der Waals surface area (Å²) in [7, 11) is -1.37. The van der Waals surface area contributed by atoms with Crippen LogP contribution in [0.4, 0.5) is 0 Å². The van der Waals surface area contributed by atoms with Crippen LogP contribution in [-0.4, -0.2) is 43.8 Å². The van der Waals surface area contributed by atoms with E-state index < -0.39 is 14.7 Å². The van der Waals surface area contributed by atoms with Crippen LogP contribution in [-0.2, 0) is 18.8 Å². The first-order valence-electron chi connectivity index (χ1n) is 5.47. The molecule has 0 aromatic heterocycles. The number of thioether (sulfide) groups is 1. The van der Waals surface area contributed by atoms with Gasteiger partial charge in [0.15, 0.2) is 0 Å². The molecule has 0 atom stereocenters. The molecule has 7 heteroatoms. The first-order chi connectivity index (χ1) is 8.02. The third-order valence-electron chi connectivity index (χ3n) is 1.85. The largest absolute Gasteiger partial charge is 0.481 e. The van der Waals surface area contributed by atoms with Crippen molar-refractivity contribution in [2.75, 3.05) is 18.1 Å². The summed E-state index contributed by atoms with van der Waals surface area (Å²) in [6.45, 7) is 1.69. The Kier molecular flexibility index (Phi) is 10.0. The molecule has 0 saturated carbocycles. The average molecular weight is 278 g/mol. The number of hydrogen-bond acceptors (Lipinski definition) is 5. The molecule has 0 heterocycles. The lowest BCUT2D eigenvalue weighted by Gasteiger charge is -2.02. The topological polar surface area (TPSA) is 80.7 Å². The van der Waals surface area contributed by atoms with E-state index in [1.54, 1.807) is 18.3 Å². The first-order valence-corrected chi connectivity index (χ1v) is 8.74. The third-order valence-corrected chi connectivity index (χ3v) is 3.97. The van der Waals surface area contributed by atoms with Gasteiger partial charge in [-0.1, -0.05) is 0 Å². The highest BCUT2D eigenvalue weighted by Gasteiger charge is 2.04. The van der Waals surface area contributed by atoms with Gasteiger partial charge >= 0.3 is 11.9 Å². The number of carbonyl (C=O) groups excluding carboxylic acids is 1. The van der Waals surface area contributed by atoms with Crippen molar-refractivity contribution in [1.29, 1.82) is 0 Å². The van der Waals surface area contributed by atoms with Gasteiger partial charge in [0, 0.05) is 5.75 Å². The number of carboxylic acids is 1. The molecule has 0 aromatic rings. The van der Waals surface area contributed by atoms with Gasteiger partial charge in [0.2, 0.25) is 0 Å². The van der Waals surface area contributed by atoms with Gasteiger partial charge in [0.25, 0.3) is 8.68 Å². The lowest BCUT2D eigenvalue weighted by Crippen LogP contribution is -2.10. The SMILES string of the molecule is C[Si](=O)CCCSCCC(=O)OCCC(=O)O. The molecule has 0 rings (SSSR count). The Balaban J connectivity index is 3.27. The third kappa shape index (κ3) is 13.2. The van der Waals surface area contributed by atoms with Gasteiger partial charge in [-0.2, -0.15) is 11.8 Å². The first kappa shape index (κ1) is 16.3. The minimum atomic E-state index is -1.37. The van der Waals surface area contributed by atoms with Crippen LogP contribution in [0, 0.1) is 0 Å². The zero-order valence-electron chi connectivity index (χ0n) is 9.94. The Morgan fingerprint density at radius 2 is 2.00 bits per heavy atom. The van der Waals surface area contributed by atoms with Crippen molar-refractivity contribution >= 4 is 32.4 Å². The van der Waals surface area contributed by atoms with Gasteiger partial charge in [-0.3, -0.25) is 9.59 Å². The molecular weight excluding hydrogens is 260 g/mol. The molecule has 1 N–H and O–H groups in total. The fraction of sp³-hybridized carbons (Fsp3) is 0.800. The normalized spacial score (nSPS) is 9.94. The molecule has 98 valence electrons. The van der Waals surface area contributed by atoms with Crippen LogP contribution >= 0.6 is 11.8 Å². The molecule has 5 nitrogen and oxygen atoms in total. The molecule has 0 fully saturated rings. The van der Waals surface area contributed by atoms with Crippen LogP contribution in [0.15, 0.2) is 0 Å². The van der Waals surface area contributed by atoms with E-state index in [0.717, 1.165) is 18.2 Å². The van der Waals surface area contributed by atoms with E-state index in [-0.39, 0.29) is 19.0 Å². The zero-order valence-corrected chi connectivity index (χ0v) is 11.8. The van der Waals surface area contributed by atoms with E-state index in [9.17, 15) is 14.1 Å². The van der Waals surface area contributed by atoms with Crippen LogP contribution < -0.4 is 0 Å². The highest BCUT2D eigenvalue weighted by molar-refractivity contribution is 7.99. The number of carboxylic acid groups (broad SMARTS) is 1. The minimum Gasteiger partial charge on any atom is -0.481 e. The van der Waals surface area contributed by atoms with E-state index in [0.29, 0.717) is 12.2 Å². The Morgan fingerprint density at radius 1 is 1.29 bits per heavy atom. The van der Waals surface area contributed by atoms with E-state index in [2.05, 4.69) is 0 Å². The van der Waals surface area contributed by atoms with Crippen LogP contribution in [0.25, 0.3) is 0 Å². The van der Waals surface area contributed by atoms with Crippen molar-refractivity contribution in [2.45, 2.75) is 31.9 Å². The quantitative estimate of drug-likeness (QED) is 0.371. The van der Waals surface area contributed by atoms with Crippen molar-refractivity contribution < 1.29 is 23.9 Å². The summed E-state index contributed by atoms with van der Waals surface area (Å²) in [5.74, 6) is 0.230. The molecule has 0 radical (unpaired) electrons. The predicted octanol–water partition coefficient (Wildman–Crippen LogP) is 1.57. The lowest BCUT2D eigenvalue weighted by molar-refractivity contribution is -0.146. The van der Waals surface area contributed by atoms with Gasteiger partial charge in [0.1, 0.15) is 6.61 Å². The summed E-state index contributed by atoms with van der Waals surface area (Å²) in [5.41, 5.74) is 0. The Labute approximate surface area is 107 Å². The number of esters is 1. The number of hydrogen-bond donors (Lipinski definition) is 1. The molecule has 0 aliphatic rings. The van der Waals surface area contributed by atoms with Crippen LogP contribution in [0.2, 0.25) is 12.6 Å². The molecule has 17 heavy (non-hydrogen) atoms. The van der Waals surface area contributed by atoms with Crippen molar-refractivity contribution in [3.63, 3.8) is 0 Å². The fourth-order valence-corrected chi connectivity index (χ4v) is 2.80. The minimum absolute atomic E-state index is 0.0589. The molecule has 0 saturated heterocycles. The van der Waals surface area contributed by atoms with E-state index >= 15 is 0 Å². The summed E-state index contributed by atoms with van der Waals surface area (Å²) in [4.78, 5) is 21.2. The van der Waals surface area contributed by atoms with Gasteiger partial charge in [0.05, 0.1) is 12.8 Å². The van der Waals surface area contributed by atoms with Crippen molar-refractivity contribution in [3.8, 4) is 0 Å². The van der Waals surface area contributed by atoms with Crippen LogP contribution in [0.3, 0.4) is 0 Å².